The second-order valence-corrected chi connectivity index (χ2v) is 3.74. The van der Waals surface area contributed by atoms with E-state index in [9.17, 15) is 18.4 Å². The molecule has 2 rings (SSSR count). The molecule has 1 aliphatic heterocycles. The summed E-state index contributed by atoms with van der Waals surface area (Å²) in [5.41, 5.74) is 0.492. The third-order valence-corrected chi connectivity index (χ3v) is 2.32. The van der Waals surface area contributed by atoms with E-state index in [0.29, 0.717) is 5.56 Å². The van der Waals surface area contributed by atoms with Crippen molar-refractivity contribution in [3.63, 3.8) is 0 Å². The number of cyclic esters (lactones) is 2. The Balaban J connectivity index is 2.07. The molecule has 1 aromatic carbocycles. The van der Waals surface area contributed by atoms with Crippen LogP contribution in [0.2, 0.25) is 0 Å². The van der Waals surface area contributed by atoms with Crippen LogP contribution in [0.5, 0.6) is 0 Å². The van der Waals surface area contributed by atoms with Crippen LogP contribution >= 0.6 is 0 Å². The molecular weight excluding hydrogens is 232 g/mol. The van der Waals surface area contributed by atoms with Crippen molar-refractivity contribution < 1.29 is 23.1 Å². The Morgan fingerprint density at radius 3 is 2.35 bits per heavy atom. The first-order valence-corrected chi connectivity index (χ1v) is 4.94. The Bertz CT molecular complexity index is 460. The second-order valence-electron chi connectivity index (χ2n) is 3.74. The predicted molar refractivity (Wildman–Crippen MR) is 52.7 cm³/mol. The first-order valence-electron chi connectivity index (χ1n) is 4.94. The summed E-state index contributed by atoms with van der Waals surface area (Å²) in [7, 11) is 0. The van der Waals surface area contributed by atoms with Gasteiger partial charge in [-0.05, 0) is 17.7 Å². The van der Waals surface area contributed by atoms with Gasteiger partial charge in [-0.1, -0.05) is 6.07 Å². The highest BCUT2D eigenvalue weighted by Crippen LogP contribution is 2.12. The van der Waals surface area contributed by atoms with Crippen LogP contribution in [-0.4, -0.2) is 29.9 Å². The predicted octanol–water partition coefficient (Wildman–Crippen LogP) is 0.850. The fourth-order valence-electron chi connectivity index (χ4n) is 1.62. The molecule has 17 heavy (non-hydrogen) atoms. The maximum absolute atomic E-state index is 12.9. The van der Waals surface area contributed by atoms with Crippen LogP contribution in [0, 0.1) is 11.6 Å². The van der Waals surface area contributed by atoms with Crippen molar-refractivity contribution in [3.05, 3.63) is 35.4 Å². The Morgan fingerprint density at radius 1 is 1.12 bits per heavy atom. The maximum Gasteiger partial charge on any atom is 0.327 e. The highest BCUT2D eigenvalue weighted by molar-refractivity contribution is 5.90. The van der Waals surface area contributed by atoms with Crippen LogP contribution in [0.25, 0.3) is 0 Å². The number of rotatable bonds is 2. The van der Waals surface area contributed by atoms with Gasteiger partial charge in [-0.15, -0.1) is 0 Å². The Labute approximate surface area is 95.8 Å². The third-order valence-electron chi connectivity index (χ3n) is 2.32. The quantitative estimate of drug-likeness (QED) is 0.569. The van der Waals surface area contributed by atoms with Gasteiger partial charge in [0, 0.05) is 6.54 Å². The van der Waals surface area contributed by atoms with Crippen LogP contribution in [0.4, 0.5) is 8.78 Å². The molecule has 0 aliphatic carbocycles. The van der Waals surface area contributed by atoms with E-state index in [2.05, 4.69) is 4.74 Å². The zero-order valence-electron chi connectivity index (χ0n) is 8.78. The molecule has 0 N–H and O–H groups in total. The molecule has 1 aliphatic rings. The number of ether oxygens (including phenoxy) is 1. The smallest absolute Gasteiger partial charge is 0.327 e. The minimum atomic E-state index is -0.951. The number of halogens is 2. The molecule has 1 heterocycles. The number of benzene rings is 1. The Hall–Kier alpha value is -1.82. The Morgan fingerprint density at radius 2 is 1.76 bits per heavy atom. The second kappa shape index (κ2) is 4.58. The number of carbonyl (C=O) groups is 2. The van der Waals surface area contributed by atoms with Gasteiger partial charge in [-0.3, -0.25) is 14.5 Å². The zero-order valence-corrected chi connectivity index (χ0v) is 8.78. The van der Waals surface area contributed by atoms with Gasteiger partial charge in [0.2, 0.25) is 0 Å². The van der Waals surface area contributed by atoms with Crippen molar-refractivity contribution in [2.75, 3.05) is 13.1 Å². The minimum absolute atomic E-state index is 0.0370. The molecule has 0 atom stereocenters. The number of morpholine rings is 1. The number of carbonyl (C=O) groups excluding carboxylic acids is 2. The summed E-state index contributed by atoms with van der Waals surface area (Å²) in [6.07, 6.45) is 0. The lowest BCUT2D eigenvalue weighted by Gasteiger charge is -2.23. The Kier molecular flexibility index (Phi) is 3.14. The van der Waals surface area contributed by atoms with Crippen molar-refractivity contribution >= 4 is 11.9 Å². The first kappa shape index (κ1) is 11.7. The summed E-state index contributed by atoms with van der Waals surface area (Å²) in [6, 6.07) is 3.46. The number of esters is 2. The standard InChI is InChI=1S/C11H9F2NO3/c12-8-2-1-7(3-9(8)13)4-14-5-10(15)17-11(16)6-14/h1-3H,4-6H2. The lowest BCUT2D eigenvalue weighted by Crippen LogP contribution is -2.42. The molecule has 0 amide bonds. The van der Waals surface area contributed by atoms with E-state index in [0.717, 1.165) is 12.1 Å². The van der Waals surface area contributed by atoms with E-state index in [-0.39, 0.29) is 19.6 Å². The van der Waals surface area contributed by atoms with Gasteiger partial charge in [0.1, 0.15) is 0 Å². The van der Waals surface area contributed by atoms with Gasteiger partial charge in [-0.2, -0.15) is 0 Å². The normalized spacial score (nSPS) is 17.1. The first-order chi connectivity index (χ1) is 8.04. The van der Waals surface area contributed by atoms with E-state index in [1.165, 1.54) is 11.0 Å². The summed E-state index contributed by atoms with van der Waals surface area (Å²) in [4.78, 5) is 23.5. The van der Waals surface area contributed by atoms with Gasteiger partial charge in [-0.25, -0.2) is 8.78 Å². The summed E-state index contributed by atoms with van der Waals surface area (Å²) >= 11 is 0. The van der Waals surface area contributed by atoms with E-state index < -0.39 is 23.6 Å². The summed E-state index contributed by atoms with van der Waals surface area (Å²) < 4.78 is 30.0. The number of hydrogen-bond acceptors (Lipinski definition) is 4. The van der Waals surface area contributed by atoms with Gasteiger partial charge in [0.05, 0.1) is 13.1 Å². The molecule has 1 saturated heterocycles. The van der Waals surface area contributed by atoms with Crippen molar-refractivity contribution in [2.24, 2.45) is 0 Å². The number of nitrogens with zero attached hydrogens (tertiary/aromatic N) is 1. The van der Waals surface area contributed by atoms with Gasteiger partial charge in [0.25, 0.3) is 0 Å². The van der Waals surface area contributed by atoms with Crippen molar-refractivity contribution in [1.29, 1.82) is 0 Å². The monoisotopic (exact) mass is 241 g/mol. The summed E-state index contributed by atoms with van der Waals surface area (Å²) in [5.74, 6) is -3.15. The van der Waals surface area contributed by atoms with Crippen LogP contribution in [-0.2, 0) is 20.9 Å². The maximum atomic E-state index is 12.9. The molecule has 0 spiro atoms. The number of hydrogen-bond donors (Lipinski definition) is 0. The molecule has 4 nitrogen and oxygen atoms in total. The minimum Gasteiger partial charge on any atom is -0.391 e. The molecule has 90 valence electrons. The zero-order chi connectivity index (χ0) is 12.4. The van der Waals surface area contributed by atoms with E-state index in [1.54, 1.807) is 0 Å². The molecule has 0 unspecified atom stereocenters. The summed E-state index contributed by atoms with van der Waals surface area (Å²) in [6.45, 7) is 0.119. The average molecular weight is 241 g/mol. The van der Waals surface area contributed by atoms with Gasteiger partial charge >= 0.3 is 11.9 Å². The molecule has 0 bridgehead atoms. The van der Waals surface area contributed by atoms with Gasteiger partial charge < -0.3 is 4.74 Å². The average Bonchev–Trinajstić information content (AvgIpc) is 2.22. The van der Waals surface area contributed by atoms with Crippen molar-refractivity contribution in [2.45, 2.75) is 6.54 Å². The van der Waals surface area contributed by atoms with E-state index >= 15 is 0 Å². The van der Waals surface area contributed by atoms with Crippen LogP contribution in [0.1, 0.15) is 5.56 Å². The highest BCUT2D eigenvalue weighted by atomic mass is 19.2. The molecule has 0 aromatic heterocycles. The largest absolute Gasteiger partial charge is 0.391 e. The summed E-state index contributed by atoms with van der Waals surface area (Å²) in [5, 5.41) is 0. The molecule has 1 aromatic rings. The molecule has 0 radical (unpaired) electrons. The molecule has 6 heteroatoms. The van der Waals surface area contributed by atoms with E-state index in [4.69, 9.17) is 0 Å². The lowest BCUT2D eigenvalue weighted by atomic mass is 10.2. The fraction of sp³-hybridized carbons (Fsp3) is 0.273. The fourth-order valence-corrected chi connectivity index (χ4v) is 1.62. The lowest BCUT2D eigenvalue weighted by molar-refractivity contribution is -0.167. The van der Waals surface area contributed by atoms with Crippen molar-refractivity contribution in [3.8, 4) is 0 Å². The molecular formula is C11H9F2NO3. The SMILES string of the molecule is O=C1CN(Cc2ccc(F)c(F)c2)CC(=O)O1. The van der Waals surface area contributed by atoms with Crippen LogP contribution in [0.3, 0.4) is 0 Å². The topological polar surface area (TPSA) is 46.6 Å². The molecule has 1 fully saturated rings. The van der Waals surface area contributed by atoms with E-state index in [1.807, 2.05) is 0 Å². The molecule has 0 saturated carbocycles. The van der Waals surface area contributed by atoms with Crippen molar-refractivity contribution in [1.82, 2.24) is 4.90 Å². The van der Waals surface area contributed by atoms with Gasteiger partial charge in [0.15, 0.2) is 11.6 Å². The third kappa shape index (κ3) is 2.85. The highest BCUT2D eigenvalue weighted by Gasteiger charge is 2.24. The van der Waals surface area contributed by atoms with Crippen LogP contribution < -0.4 is 0 Å². The van der Waals surface area contributed by atoms with Crippen LogP contribution in [0.15, 0.2) is 18.2 Å².